The predicted molar refractivity (Wildman–Crippen MR) is 53.5 cm³/mol. The summed E-state index contributed by atoms with van der Waals surface area (Å²) in [5.74, 6) is -6.46. The number of halogens is 4. The number of alkyl halides is 4. The van der Waals surface area contributed by atoms with Gasteiger partial charge < -0.3 is 10.2 Å². The number of benzene rings is 1. The molecule has 0 heterocycles. The molecule has 0 bridgehead atoms. The zero-order chi connectivity index (χ0) is 14.2. The lowest BCUT2D eigenvalue weighted by Gasteiger charge is -2.33. The molecule has 2 unspecified atom stereocenters. The van der Waals surface area contributed by atoms with E-state index in [-0.39, 0.29) is 6.92 Å². The van der Waals surface area contributed by atoms with Crippen LogP contribution in [0.2, 0.25) is 0 Å². The molecule has 18 heavy (non-hydrogen) atoms. The van der Waals surface area contributed by atoms with E-state index in [1.54, 1.807) is 0 Å². The third-order valence-electron chi connectivity index (χ3n) is 2.52. The average Bonchev–Trinajstić information content (AvgIpc) is 2.27. The summed E-state index contributed by atoms with van der Waals surface area (Å²) >= 11 is 0. The second-order valence-electron chi connectivity index (χ2n) is 3.86. The van der Waals surface area contributed by atoms with E-state index >= 15 is 0 Å². The minimum Gasteiger partial charge on any atom is -0.353 e. The van der Waals surface area contributed by atoms with Crippen molar-refractivity contribution in [2.45, 2.75) is 24.6 Å². The molecule has 0 aliphatic rings. The van der Waals surface area contributed by atoms with Gasteiger partial charge in [-0.1, -0.05) is 30.3 Å². The number of carbonyl (C=O) groups is 1. The van der Waals surface area contributed by atoms with Crippen LogP contribution in [0.3, 0.4) is 0 Å². The first kappa shape index (κ1) is 14.6. The first-order valence-electron chi connectivity index (χ1n) is 4.82. The van der Waals surface area contributed by atoms with Gasteiger partial charge in [0.25, 0.3) is 5.67 Å². The van der Waals surface area contributed by atoms with Crippen LogP contribution < -0.4 is 0 Å². The monoisotopic (exact) mass is 266 g/mol. The number of hydrogen-bond donors (Lipinski definition) is 2. The van der Waals surface area contributed by atoms with Gasteiger partial charge in [0.15, 0.2) is 0 Å². The van der Waals surface area contributed by atoms with Crippen LogP contribution >= 0.6 is 0 Å². The highest BCUT2D eigenvalue weighted by Crippen LogP contribution is 2.41. The standard InChI is InChI=1S/C11H10F4O3/c1-9(12,11(14,15)18)10(13,17)8(16)7-5-3-2-4-6-7/h2-6,17-18H,1H3. The normalized spacial score (nSPS) is 18.8. The molecule has 0 saturated carbocycles. The molecule has 2 atom stereocenters. The fraction of sp³-hybridized carbons (Fsp3) is 0.364. The van der Waals surface area contributed by atoms with Crippen molar-refractivity contribution in [3.8, 4) is 0 Å². The third kappa shape index (κ3) is 2.23. The Hall–Kier alpha value is -1.47. The average molecular weight is 266 g/mol. The molecule has 3 nitrogen and oxygen atoms in total. The van der Waals surface area contributed by atoms with Gasteiger partial charge >= 0.3 is 12.0 Å². The molecule has 0 saturated heterocycles. The maximum Gasteiger partial charge on any atom is 0.393 e. The minimum absolute atomic E-state index is 0.103. The predicted octanol–water partition coefficient (Wildman–Crippen LogP) is 1.84. The summed E-state index contributed by atoms with van der Waals surface area (Å²) in [7, 11) is 0. The molecule has 0 amide bonds. The van der Waals surface area contributed by atoms with E-state index in [0.29, 0.717) is 0 Å². The van der Waals surface area contributed by atoms with Crippen LogP contribution in [0.4, 0.5) is 17.6 Å². The lowest BCUT2D eigenvalue weighted by molar-refractivity contribution is -0.332. The molecule has 1 rings (SSSR count). The topological polar surface area (TPSA) is 57.5 Å². The highest BCUT2D eigenvalue weighted by Gasteiger charge is 2.68. The van der Waals surface area contributed by atoms with E-state index in [0.717, 1.165) is 12.1 Å². The van der Waals surface area contributed by atoms with Gasteiger partial charge in [0.2, 0.25) is 5.78 Å². The molecule has 1 aromatic carbocycles. The second kappa shape index (κ2) is 4.33. The molecule has 100 valence electrons. The number of Topliss-reactive ketones (excluding diaryl/α,β-unsaturated/α-hetero) is 1. The van der Waals surface area contributed by atoms with E-state index in [2.05, 4.69) is 0 Å². The number of ketones is 1. The van der Waals surface area contributed by atoms with E-state index in [4.69, 9.17) is 10.2 Å². The molecule has 0 aliphatic heterocycles. The van der Waals surface area contributed by atoms with Gasteiger partial charge in [-0.25, -0.2) is 4.39 Å². The molecule has 0 radical (unpaired) electrons. The van der Waals surface area contributed by atoms with Crippen molar-refractivity contribution < 1.29 is 32.6 Å². The van der Waals surface area contributed by atoms with Crippen molar-refractivity contribution >= 4 is 5.78 Å². The third-order valence-corrected chi connectivity index (χ3v) is 2.52. The quantitative estimate of drug-likeness (QED) is 0.645. The van der Waals surface area contributed by atoms with E-state index < -0.39 is 29.0 Å². The fourth-order valence-electron chi connectivity index (χ4n) is 1.19. The Morgan fingerprint density at radius 3 is 1.89 bits per heavy atom. The van der Waals surface area contributed by atoms with Crippen molar-refractivity contribution in [1.82, 2.24) is 0 Å². The molecule has 2 N–H and O–H groups in total. The van der Waals surface area contributed by atoms with Crippen molar-refractivity contribution in [2.75, 3.05) is 0 Å². The van der Waals surface area contributed by atoms with Crippen LogP contribution in [0.15, 0.2) is 30.3 Å². The molecule has 1 aromatic rings. The maximum atomic E-state index is 13.6. The summed E-state index contributed by atoms with van der Waals surface area (Å²) in [6.45, 7) is -0.103. The summed E-state index contributed by atoms with van der Waals surface area (Å²) in [6, 6.07) is 6.02. The van der Waals surface area contributed by atoms with Gasteiger partial charge in [0.05, 0.1) is 0 Å². The fourth-order valence-corrected chi connectivity index (χ4v) is 1.19. The number of rotatable bonds is 4. The molecule has 0 spiro atoms. The van der Waals surface area contributed by atoms with Crippen LogP contribution in [0, 0.1) is 0 Å². The van der Waals surface area contributed by atoms with Crippen LogP contribution in [-0.4, -0.2) is 33.6 Å². The van der Waals surface area contributed by atoms with Gasteiger partial charge in [0, 0.05) is 5.56 Å². The van der Waals surface area contributed by atoms with E-state index in [9.17, 15) is 22.4 Å². The Balaban J connectivity index is 3.19. The zero-order valence-corrected chi connectivity index (χ0v) is 9.20. The highest BCUT2D eigenvalue weighted by molar-refractivity contribution is 6.02. The van der Waals surface area contributed by atoms with Crippen LogP contribution in [-0.2, 0) is 0 Å². The lowest BCUT2D eigenvalue weighted by atomic mass is 9.90. The Bertz CT molecular complexity index is 437. The number of aliphatic hydroxyl groups is 2. The van der Waals surface area contributed by atoms with Gasteiger partial charge in [-0.2, -0.15) is 13.2 Å². The second-order valence-corrected chi connectivity index (χ2v) is 3.86. The maximum absolute atomic E-state index is 13.6. The van der Waals surface area contributed by atoms with Crippen molar-refractivity contribution in [1.29, 1.82) is 0 Å². The first-order chi connectivity index (χ1) is 8.02. The van der Waals surface area contributed by atoms with Gasteiger partial charge in [-0.15, -0.1) is 0 Å². The van der Waals surface area contributed by atoms with E-state index in [1.807, 2.05) is 0 Å². The van der Waals surface area contributed by atoms with E-state index in [1.165, 1.54) is 18.2 Å². The summed E-state index contributed by atoms with van der Waals surface area (Å²) in [4.78, 5) is 11.5. The van der Waals surface area contributed by atoms with Gasteiger partial charge in [0.1, 0.15) is 0 Å². The zero-order valence-electron chi connectivity index (χ0n) is 9.20. The van der Waals surface area contributed by atoms with Crippen molar-refractivity contribution in [3.05, 3.63) is 35.9 Å². The molecule has 0 aromatic heterocycles. The first-order valence-corrected chi connectivity index (χ1v) is 4.82. The van der Waals surface area contributed by atoms with Crippen molar-refractivity contribution in [2.24, 2.45) is 0 Å². The minimum atomic E-state index is -5.22. The Morgan fingerprint density at radius 1 is 1.06 bits per heavy atom. The molecule has 7 heteroatoms. The summed E-state index contributed by atoms with van der Waals surface area (Å²) < 4.78 is 52.1. The lowest BCUT2D eigenvalue weighted by Crippen LogP contribution is -2.61. The summed E-state index contributed by atoms with van der Waals surface area (Å²) in [5, 5.41) is 17.3. The SMILES string of the molecule is CC(F)(C(O)(F)F)C(O)(F)C(=O)c1ccccc1. The van der Waals surface area contributed by atoms with Crippen LogP contribution in [0.1, 0.15) is 17.3 Å². The Kier molecular flexibility index (Phi) is 3.51. The largest absolute Gasteiger partial charge is 0.393 e. The Morgan fingerprint density at radius 2 is 1.50 bits per heavy atom. The molecule has 0 aliphatic carbocycles. The number of hydrogen-bond acceptors (Lipinski definition) is 3. The number of carbonyl (C=O) groups excluding carboxylic acids is 1. The van der Waals surface area contributed by atoms with Crippen LogP contribution in [0.5, 0.6) is 0 Å². The van der Waals surface area contributed by atoms with Crippen molar-refractivity contribution in [3.63, 3.8) is 0 Å². The molecule has 0 fully saturated rings. The smallest absolute Gasteiger partial charge is 0.353 e. The molecular formula is C11H10F4O3. The van der Waals surface area contributed by atoms with Crippen LogP contribution in [0.25, 0.3) is 0 Å². The van der Waals surface area contributed by atoms with Gasteiger partial charge in [-0.3, -0.25) is 4.79 Å². The Labute approximate surface area is 99.7 Å². The summed E-state index contributed by atoms with van der Waals surface area (Å²) in [5.41, 5.74) is -4.98. The van der Waals surface area contributed by atoms with Gasteiger partial charge in [-0.05, 0) is 6.92 Å². The summed E-state index contributed by atoms with van der Waals surface area (Å²) in [6.07, 6.45) is -5.22. The molecular weight excluding hydrogens is 256 g/mol. The highest BCUT2D eigenvalue weighted by atomic mass is 19.3.